The summed E-state index contributed by atoms with van der Waals surface area (Å²) >= 11 is 0. The number of pyridine rings is 1. The van der Waals surface area contributed by atoms with Gasteiger partial charge in [-0.2, -0.15) is 0 Å². The van der Waals surface area contributed by atoms with Gasteiger partial charge in [0.25, 0.3) is 0 Å². The predicted octanol–water partition coefficient (Wildman–Crippen LogP) is 1.60. The van der Waals surface area contributed by atoms with E-state index in [1.165, 1.54) is 18.4 Å². The van der Waals surface area contributed by atoms with Crippen LogP contribution >= 0.6 is 0 Å². The Bertz CT molecular complexity index is 325. The maximum atomic E-state index is 9.27. The van der Waals surface area contributed by atoms with Crippen LogP contribution in [0.15, 0.2) is 12.1 Å². The third kappa shape index (κ3) is 1.87. The number of aromatic hydroxyl groups is 1. The van der Waals surface area contributed by atoms with Crippen molar-refractivity contribution in [1.82, 2.24) is 10.3 Å². The summed E-state index contributed by atoms with van der Waals surface area (Å²) < 4.78 is 0. The molecule has 0 amide bonds. The van der Waals surface area contributed by atoms with E-state index in [0.29, 0.717) is 6.04 Å². The van der Waals surface area contributed by atoms with Crippen LogP contribution < -0.4 is 5.32 Å². The van der Waals surface area contributed by atoms with Crippen molar-refractivity contribution in [2.45, 2.75) is 38.8 Å². The van der Waals surface area contributed by atoms with Crippen LogP contribution in [-0.4, -0.2) is 16.1 Å². The number of nitrogens with zero attached hydrogens (tertiary/aromatic N) is 1. The predicted molar refractivity (Wildman–Crippen MR) is 55.1 cm³/mol. The fourth-order valence-corrected chi connectivity index (χ4v) is 1.97. The van der Waals surface area contributed by atoms with Gasteiger partial charge < -0.3 is 10.4 Å². The first kappa shape index (κ1) is 9.46. The molecule has 0 aromatic carbocycles. The first-order valence-corrected chi connectivity index (χ1v) is 5.20. The number of hydrogen-bond donors (Lipinski definition) is 2. The second-order valence-electron chi connectivity index (χ2n) is 3.85. The Balaban J connectivity index is 2.16. The molecule has 3 heteroatoms. The lowest BCUT2D eigenvalue weighted by atomic mass is 9.98. The lowest BCUT2D eigenvalue weighted by molar-refractivity contribution is 0.422. The molecule has 2 N–H and O–H groups in total. The standard InChI is InChI=1S/C11H16N2O/c1-2-3-9-6-10-8(7-12-9)4-5-11(14)13-10/h4-5,9,12H,2-3,6-7H2,1H3,(H,13,14). The largest absolute Gasteiger partial charge is 0.493 e. The van der Waals surface area contributed by atoms with Crippen molar-refractivity contribution < 1.29 is 5.11 Å². The summed E-state index contributed by atoms with van der Waals surface area (Å²) in [7, 11) is 0. The van der Waals surface area contributed by atoms with Gasteiger partial charge in [-0.15, -0.1) is 0 Å². The summed E-state index contributed by atoms with van der Waals surface area (Å²) in [5.74, 6) is 0.140. The molecule has 1 aliphatic rings. The molecule has 0 fully saturated rings. The van der Waals surface area contributed by atoms with Gasteiger partial charge in [0.05, 0.1) is 5.69 Å². The Hall–Kier alpha value is -1.09. The summed E-state index contributed by atoms with van der Waals surface area (Å²) in [5.41, 5.74) is 2.28. The van der Waals surface area contributed by atoms with Gasteiger partial charge in [-0.1, -0.05) is 19.4 Å². The lowest BCUT2D eigenvalue weighted by Crippen LogP contribution is -2.35. The molecule has 1 aromatic heterocycles. The number of hydrogen-bond acceptors (Lipinski definition) is 3. The molecule has 1 aromatic rings. The number of rotatable bonds is 2. The minimum absolute atomic E-state index is 0.140. The molecule has 14 heavy (non-hydrogen) atoms. The van der Waals surface area contributed by atoms with E-state index < -0.39 is 0 Å². The molecule has 2 heterocycles. The second kappa shape index (κ2) is 3.96. The van der Waals surface area contributed by atoms with E-state index in [1.807, 2.05) is 6.07 Å². The van der Waals surface area contributed by atoms with Gasteiger partial charge in [0.15, 0.2) is 0 Å². The minimum Gasteiger partial charge on any atom is -0.493 e. The summed E-state index contributed by atoms with van der Waals surface area (Å²) in [6, 6.07) is 4.13. The van der Waals surface area contributed by atoms with Crippen LogP contribution in [0.4, 0.5) is 0 Å². The molecule has 1 atom stereocenters. The molecule has 0 saturated carbocycles. The topological polar surface area (TPSA) is 45.2 Å². The van der Waals surface area contributed by atoms with Gasteiger partial charge in [0, 0.05) is 25.1 Å². The third-order valence-corrected chi connectivity index (χ3v) is 2.71. The smallest absolute Gasteiger partial charge is 0.210 e. The highest BCUT2D eigenvalue weighted by Gasteiger charge is 2.18. The Morgan fingerprint density at radius 3 is 3.21 bits per heavy atom. The van der Waals surface area contributed by atoms with E-state index in [0.717, 1.165) is 18.7 Å². The third-order valence-electron chi connectivity index (χ3n) is 2.71. The SMILES string of the molecule is CCCC1Cc2nc(O)ccc2CN1. The Morgan fingerprint density at radius 1 is 1.57 bits per heavy atom. The van der Waals surface area contributed by atoms with E-state index in [-0.39, 0.29) is 5.88 Å². The quantitative estimate of drug-likeness (QED) is 0.748. The van der Waals surface area contributed by atoms with Gasteiger partial charge in [0.2, 0.25) is 5.88 Å². The van der Waals surface area contributed by atoms with E-state index in [4.69, 9.17) is 0 Å². The van der Waals surface area contributed by atoms with Crippen molar-refractivity contribution in [2.24, 2.45) is 0 Å². The van der Waals surface area contributed by atoms with Gasteiger partial charge in [0.1, 0.15) is 0 Å². The summed E-state index contributed by atoms with van der Waals surface area (Å²) in [6.45, 7) is 3.07. The van der Waals surface area contributed by atoms with E-state index in [2.05, 4.69) is 17.2 Å². The van der Waals surface area contributed by atoms with Crippen molar-refractivity contribution in [3.63, 3.8) is 0 Å². The van der Waals surface area contributed by atoms with Crippen LogP contribution in [0.25, 0.3) is 0 Å². The molecule has 0 radical (unpaired) electrons. The zero-order valence-electron chi connectivity index (χ0n) is 8.45. The fourth-order valence-electron chi connectivity index (χ4n) is 1.97. The molecule has 1 unspecified atom stereocenters. The monoisotopic (exact) mass is 192 g/mol. The molecular formula is C11H16N2O. The molecule has 76 valence electrons. The van der Waals surface area contributed by atoms with Gasteiger partial charge in [-0.25, -0.2) is 4.98 Å². The first-order chi connectivity index (χ1) is 6.79. The average Bonchev–Trinajstić information content (AvgIpc) is 2.17. The average molecular weight is 192 g/mol. The van der Waals surface area contributed by atoms with Crippen LogP contribution in [0.3, 0.4) is 0 Å². The molecule has 0 bridgehead atoms. The highest BCUT2D eigenvalue weighted by atomic mass is 16.3. The fraction of sp³-hybridized carbons (Fsp3) is 0.545. The zero-order valence-corrected chi connectivity index (χ0v) is 8.45. The van der Waals surface area contributed by atoms with Crippen LogP contribution in [0, 0.1) is 0 Å². The normalized spacial score (nSPS) is 20.5. The summed E-state index contributed by atoms with van der Waals surface area (Å²) in [4.78, 5) is 4.16. The van der Waals surface area contributed by atoms with Crippen molar-refractivity contribution in [2.75, 3.05) is 0 Å². The van der Waals surface area contributed by atoms with Gasteiger partial charge in [-0.05, 0) is 12.0 Å². The van der Waals surface area contributed by atoms with Crippen molar-refractivity contribution in [3.05, 3.63) is 23.4 Å². The molecule has 2 rings (SSSR count). The second-order valence-corrected chi connectivity index (χ2v) is 3.85. The molecule has 1 aliphatic heterocycles. The number of fused-ring (bicyclic) bond motifs is 1. The minimum atomic E-state index is 0.140. The van der Waals surface area contributed by atoms with E-state index in [1.54, 1.807) is 6.07 Å². The van der Waals surface area contributed by atoms with Crippen LogP contribution in [0.5, 0.6) is 5.88 Å². The molecule has 0 aliphatic carbocycles. The van der Waals surface area contributed by atoms with Crippen molar-refractivity contribution in [3.8, 4) is 5.88 Å². The molecule has 0 spiro atoms. The Morgan fingerprint density at radius 2 is 2.43 bits per heavy atom. The highest BCUT2D eigenvalue weighted by Crippen LogP contribution is 2.19. The van der Waals surface area contributed by atoms with E-state index in [9.17, 15) is 5.11 Å². The molecular weight excluding hydrogens is 176 g/mol. The highest BCUT2D eigenvalue weighted by molar-refractivity contribution is 5.27. The zero-order chi connectivity index (χ0) is 9.97. The maximum absolute atomic E-state index is 9.27. The van der Waals surface area contributed by atoms with Crippen molar-refractivity contribution in [1.29, 1.82) is 0 Å². The van der Waals surface area contributed by atoms with Crippen molar-refractivity contribution >= 4 is 0 Å². The number of aromatic nitrogens is 1. The van der Waals surface area contributed by atoms with Gasteiger partial charge >= 0.3 is 0 Å². The van der Waals surface area contributed by atoms with Crippen LogP contribution in [0.2, 0.25) is 0 Å². The van der Waals surface area contributed by atoms with Gasteiger partial charge in [-0.3, -0.25) is 0 Å². The maximum Gasteiger partial charge on any atom is 0.210 e. The lowest BCUT2D eigenvalue weighted by Gasteiger charge is -2.24. The summed E-state index contributed by atoms with van der Waals surface area (Å²) in [5, 5.41) is 12.7. The molecule has 0 saturated heterocycles. The van der Waals surface area contributed by atoms with Crippen LogP contribution in [-0.2, 0) is 13.0 Å². The van der Waals surface area contributed by atoms with Crippen LogP contribution in [0.1, 0.15) is 31.0 Å². The Kier molecular flexibility index (Phi) is 2.68. The number of nitrogens with one attached hydrogen (secondary N) is 1. The molecule has 3 nitrogen and oxygen atoms in total. The Labute approximate surface area is 84.2 Å². The van der Waals surface area contributed by atoms with E-state index >= 15 is 0 Å². The summed E-state index contributed by atoms with van der Waals surface area (Å²) in [6.07, 6.45) is 3.31. The first-order valence-electron chi connectivity index (χ1n) is 5.20.